The number of hydrogen-bond acceptors (Lipinski definition) is 2. The fraction of sp³-hybridized carbons (Fsp3) is 1.00. The predicted octanol–water partition coefficient (Wildman–Crippen LogP) is 4.20. The minimum atomic E-state index is -0.116. The van der Waals surface area contributed by atoms with Gasteiger partial charge in [0, 0.05) is 17.9 Å². The Hall–Kier alpha value is 0.400. The molecule has 19 heavy (non-hydrogen) atoms. The Morgan fingerprint density at radius 2 is 1.74 bits per heavy atom. The number of aliphatic hydroxyl groups excluding tert-OH is 1. The maximum Gasteiger partial charge on any atom is 0.0695 e. The van der Waals surface area contributed by atoms with Gasteiger partial charge in [0.1, 0.15) is 0 Å². The minimum Gasteiger partial charge on any atom is -0.391 e. The van der Waals surface area contributed by atoms with Gasteiger partial charge < -0.3 is 10.0 Å². The van der Waals surface area contributed by atoms with Crippen LogP contribution in [0.25, 0.3) is 0 Å². The van der Waals surface area contributed by atoms with Crippen molar-refractivity contribution in [3.8, 4) is 0 Å². The lowest BCUT2D eigenvalue weighted by molar-refractivity contribution is 0.0126. The van der Waals surface area contributed by atoms with Gasteiger partial charge in [-0.25, -0.2) is 0 Å². The number of halogens is 1. The molecule has 2 atom stereocenters. The fourth-order valence-electron chi connectivity index (χ4n) is 3.77. The van der Waals surface area contributed by atoms with Crippen molar-refractivity contribution < 1.29 is 5.11 Å². The summed E-state index contributed by atoms with van der Waals surface area (Å²) in [6.07, 6.45) is 9.53. The number of rotatable bonds is 8. The van der Waals surface area contributed by atoms with Gasteiger partial charge in [0.25, 0.3) is 0 Å². The van der Waals surface area contributed by atoms with E-state index < -0.39 is 0 Å². The van der Waals surface area contributed by atoms with E-state index in [0.717, 1.165) is 24.7 Å². The lowest BCUT2D eigenvalue weighted by Crippen LogP contribution is -2.48. The van der Waals surface area contributed by atoms with E-state index in [1.165, 1.54) is 38.5 Å². The Morgan fingerprint density at radius 1 is 1.16 bits per heavy atom. The quantitative estimate of drug-likeness (QED) is 0.673. The van der Waals surface area contributed by atoms with Crippen molar-refractivity contribution in [1.29, 1.82) is 0 Å². The Labute approximate surface area is 128 Å². The van der Waals surface area contributed by atoms with Crippen molar-refractivity contribution in [2.24, 2.45) is 5.41 Å². The van der Waals surface area contributed by atoms with Crippen LogP contribution in [0.15, 0.2) is 0 Å². The minimum absolute atomic E-state index is 0.116. The molecule has 0 bridgehead atoms. The Balaban J connectivity index is 2.65. The first-order valence-electron chi connectivity index (χ1n) is 8.03. The molecule has 114 valence electrons. The van der Waals surface area contributed by atoms with E-state index in [-0.39, 0.29) is 6.10 Å². The lowest BCUT2D eigenvalue weighted by atomic mass is 9.79. The van der Waals surface area contributed by atoms with Gasteiger partial charge in [-0.1, -0.05) is 55.5 Å². The molecule has 1 rings (SSSR count). The zero-order valence-electron chi connectivity index (χ0n) is 13.0. The van der Waals surface area contributed by atoms with Crippen LogP contribution in [0.5, 0.6) is 0 Å². The Bertz CT molecular complexity index is 241. The molecule has 1 fully saturated rings. The molecule has 0 amide bonds. The van der Waals surface area contributed by atoms with Crippen molar-refractivity contribution in [3.63, 3.8) is 0 Å². The number of alkyl halides is 1. The first-order valence-corrected chi connectivity index (χ1v) is 9.15. The van der Waals surface area contributed by atoms with E-state index in [1.54, 1.807) is 0 Å². The molecule has 2 unspecified atom stereocenters. The maximum atomic E-state index is 10.2. The molecule has 0 aromatic carbocycles. The molecule has 0 aromatic rings. The molecule has 0 radical (unpaired) electrons. The van der Waals surface area contributed by atoms with Crippen molar-refractivity contribution in [1.82, 2.24) is 4.90 Å². The number of aliphatic hydroxyl groups is 1. The molecular formula is C16H32BrNO. The maximum absolute atomic E-state index is 10.2. The number of hydrogen-bond donors (Lipinski definition) is 1. The van der Waals surface area contributed by atoms with Crippen molar-refractivity contribution in [2.75, 3.05) is 18.9 Å². The molecule has 3 heteroatoms. The highest BCUT2D eigenvalue weighted by molar-refractivity contribution is 9.09. The molecule has 2 nitrogen and oxygen atoms in total. The zero-order chi connectivity index (χ0) is 14.3. The molecule has 0 heterocycles. The van der Waals surface area contributed by atoms with Crippen LogP contribution in [0.1, 0.15) is 65.2 Å². The van der Waals surface area contributed by atoms with E-state index in [1.807, 2.05) is 0 Å². The second kappa shape index (κ2) is 8.63. The van der Waals surface area contributed by atoms with E-state index in [2.05, 4.69) is 41.7 Å². The third-order valence-corrected chi connectivity index (χ3v) is 5.88. The Morgan fingerprint density at radius 3 is 2.21 bits per heavy atom. The summed E-state index contributed by atoms with van der Waals surface area (Å²) >= 11 is 3.75. The van der Waals surface area contributed by atoms with Crippen LogP contribution in [-0.2, 0) is 0 Å². The molecule has 0 aromatic heterocycles. The summed E-state index contributed by atoms with van der Waals surface area (Å²) in [5, 5.41) is 11.3. The summed E-state index contributed by atoms with van der Waals surface area (Å²) in [4.78, 5) is 2.44. The van der Waals surface area contributed by atoms with Gasteiger partial charge in [-0.3, -0.25) is 0 Å². The summed E-state index contributed by atoms with van der Waals surface area (Å²) in [7, 11) is 2.21. The molecule has 1 aliphatic carbocycles. The summed E-state index contributed by atoms with van der Waals surface area (Å²) in [5.74, 6) is 0. The topological polar surface area (TPSA) is 23.5 Å². The van der Waals surface area contributed by atoms with E-state index in [9.17, 15) is 5.11 Å². The van der Waals surface area contributed by atoms with Crippen LogP contribution in [0, 0.1) is 5.41 Å². The van der Waals surface area contributed by atoms with E-state index >= 15 is 0 Å². The predicted molar refractivity (Wildman–Crippen MR) is 86.9 cm³/mol. The summed E-state index contributed by atoms with van der Waals surface area (Å²) in [6, 6.07) is 0.376. The molecule has 0 aliphatic heterocycles. The first-order chi connectivity index (χ1) is 9.08. The monoisotopic (exact) mass is 333 g/mol. The third kappa shape index (κ3) is 5.02. The third-order valence-electron chi connectivity index (χ3n) is 4.69. The van der Waals surface area contributed by atoms with Crippen LogP contribution >= 0.6 is 15.9 Å². The van der Waals surface area contributed by atoms with Crippen LogP contribution in [0.3, 0.4) is 0 Å². The van der Waals surface area contributed by atoms with Gasteiger partial charge in [0.2, 0.25) is 0 Å². The molecule has 1 N–H and O–H groups in total. The van der Waals surface area contributed by atoms with Gasteiger partial charge >= 0.3 is 0 Å². The average molecular weight is 334 g/mol. The summed E-state index contributed by atoms with van der Waals surface area (Å²) in [6.45, 7) is 5.67. The molecule has 0 spiro atoms. The van der Waals surface area contributed by atoms with Crippen molar-refractivity contribution in [2.45, 2.75) is 77.4 Å². The van der Waals surface area contributed by atoms with Gasteiger partial charge in [-0.15, -0.1) is 0 Å². The molecule has 0 saturated heterocycles. The number of likely N-dealkylation sites (N-methyl/N-ethyl adjacent to an activating group) is 1. The van der Waals surface area contributed by atoms with E-state index in [0.29, 0.717) is 11.5 Å². The molecule has 1 aliphatic rings. The molecule has 1 saturated carbocycles. The van der Waals surface area contributed by atoms with E-state index in [4.69, 9.17) is 0 Å². The van der Waals surface area contributed by atoms with Crippen LogP contribution in [0.2, 0.25) is 0 Å². The highest BCUT2D eigenvalue weighted by Gasteiger charge is 2.33. The zero-order valence-corrected chi connectivity index (χ0v) is 14.6. The standard InChI is InChI=1S/C16H32BrNO/c1-4-10-16(12-17,11-5-2)13-18(3)14-8-6-7-9-15(14)19/h14-15,19H,4-13H2,1-3H3. The smallest absolute Gasteiger partial charge is 0.0695 e. The number of nitrogens with zero attached hydrogens (tertiary/aromatic N) is 1. The summed E-state index contributed by atoms with van der Waals surface area (Å²) in [5.41, 5.74) is 0.384. The Kier molecular flexibility index (Phi) is 7.93. The lowest BCUT2D eigenvalue weighted by Gasteiger charge is -2.42. The average Bonchev–Trinajstić information content (AvgIpc) is 2.39. The van der Waals surface area contributed by atoms with Crippen LogP contribution in [-0.4, -0.2) is 41.1 Å². The fourth-order valence-corrected chi connectivity index (χ4v) is 4.51. The first kappa shape index (κ1) is 17.5. The van der Waals surface area contributed by atoms with Crippen molar-refractivity contribution in [3.05, 3.63) is 0 Å². The van der Waals surface area contributed by atoms with Crippen molar-refractivity contribution >= 4 is 15.9 Å². The highest BCUT2D eigenvalue weighted by Crippen LogP contribution is 2.34. The van der Waals surface area contributed by atoms with Crippen LogP contribution in [0.4, 0.5) is 0 Å². The second-order valence-electron chi connectivity index (χ2n) is 6.47. The molecular weight excluding hydrogens is 302 g/mol. The SMILES string of the molecule is CCCC(CBr)(CCC)CN(C)C1CCCCC1O. The second-order valence-corrected chi connectivity index (χ2v) is 7.03. The normalized spacial score (nSPS) is 24.9. The van der Waals surface area contributed by atoms with Gasteiger partial charge in [-0.05, 0) is 38.1 Å². The van der Waals surface area contributed by atoms with Crippen LogP contribution < -0.4 is 0 Å². The van der Waals surface area contributed by atoms with Gasteiger partial charge in [-0.2, -0.15) is 0 Å². The highest BCUT2D eigenvalue weighted by atomic mass is 79.9. The van der Waals surface area contributed by atoms with Gasteiger partial charge in [0.05, 0.1) is 6.10 Å². The summed E-state index contributed by atoms with van der Waals surface area (Å²) < 4.78 is 0. The van der Waals surface area contributed by atoms with Gasteiger partial charge in [0.15, 0.2) is 0 Å². The largest absolute Gasteiger partial charge is 0.391 e.